The van der Waals surface area contributed by atoms with Gasteiger partial charge in [0.1, 0.15) is 36.6 Å². The molecule has 1 aliphatic rings. The van der Waals surface area contributed by atoms with Crippen LogP contribution in [0.5, 0.6) is 17.2 Å². The molecule has 1 amide bonds. The normalized spacial score (nSPS) is 14.2. The molecule has 0 aromatic heterocycles. The number of carbonyl (C=O) groups is 1. The fourth-order valence-electron chi connectivity index (χ4n) is 2.85. The third kappa shape index (κ3) is 5.35. The Hall–Kier alpha value is -2.77. The molecule has 27 heavy (non-hydrogen) atoms. The number of phenols is 1. The molecule has 1 heterocycles. The molecule has 3 rings (SSSR count). The van der Waals surface area contributed by atoms with Gasteiger partial charge in [-0.3, -0.25) is 4.79 Å². The second-order valence-corrected chi connectivity index (χ2v) is 6.32. The molecule has 7 nitrogen and oxygen atoms in total. The van der Waals surface area contributed by atoms with Crippen molar-refractivity contribution in [3.8, 4) is 17.2 Å². The van der Waals surface area contributed by atoms with Crippen LogP contribution in [0, 0.1) is 0 Å². The number of hydrogen-bond donors (Lipinski definition) is 4. The maximum Gasteiger partial charge on any atom is 0.224 e. The van der Waals surface area contributed by atoms with Gasteiger partial charge in [0.15, 0.2) is 0 Å². The van der Waals surface area contributed by atoms with Crippen LogP contribution >= 0.6 is 0 Å². The number of aromatic hydroxyl groups is 1. The van der Waals surface area contributed by atoms with Gasteiger partial charge in [0.2, 0.25) is 5.91 Å². The molecule has 2 aromatic carbocycles. The summed E-state index contributed by atoms with van der Waals surface area (Å²) in [7, 11) is 0. The number of aliphatic hydroxyl groups excluding tert-OH is 1. The highest BCUT2D eigenvalue weighted by atomic mass is 16.5. The lowest BCUT2D eigenvalue weighted by molar-refractivity contribution is -0.116. The Bertz CT molecular complexity index is 766. The lowest BCUT2D eigenvalue weighted by Gasteiger charge is -2.22. The summed E-state index contributed by atoms with van der Waals surface area (Å²) in [6, 6.07) is 12.7. The van der Waals surface area contributed by atoms with Gasteiger partial charge in [-0.1, -0.05) is 18.2 Å². The quantitative estimate of drug-likeness (QED) is 0.395. The van der Waals surface area contributed by atoms with Gasteiger partial charge in [0.25, 0.3) is 0 Å². The molecule has 2 aromatic rings. The fraction of sp³-hybridized carbons (Fsp3) is 0.350. The van der Waals surface area contributed by atoms with Crippen LogP contribution in [0.25, 0.3) is 0 Å². The van der Waals surface area contributed by atoms with Crippen molar-refractivity contribution in [2.24, 2.45) is 0 Å². The van der Waals surface area contributed by atoms with Crippen molar-refractivity contribution >= 4 is 11.6 Å². The minimum atomic E-state index is -0.690. The number of hydrogen-bond acceptors (Lipinski definition) is 6. The first-order valence-corrected chi connectivity index (χ1v) is 8.97. The number of ether oxygens (including phenoxy) is 2. The van der Waals surface area contributed by atoms with E-state index in [2.05, 4.69) is 10.6 Å². The van der Waals surface area contributed by atoms with Crippen LogP contribution in [-0.2, 0) is 11.2 Å². The molecule has 1 unspecified atom stereocenters. The standard InChI is InChI=1S/C20H24N2O5/c23-14(12-21-10-11-26-15-4-2-1-3-5-15)13-27-18-8-7-17(24)20-16(18)6-9-19(25)22-20/h1-5,7-8,14,21,23-24H,6,9-13H2,(H,22,25). The molecule has 0 spiro atoms. The smallest absolute Gasteiger partial charge is 0.224 e. The second-order valence-electron chi connectivity index (χ2n) is 6.32. The highest BCUT2D eigenvalue weighted by molar-refractivity contribution is 5.96. The van der Waals surface area contributed by atoms with Gasteiger partial charge in [-0.05, 0) is 30.7 Å². The number of anilines is 1. The highest BCUT2D eigenvalue weighted by Crippen LogP contribution is 2.38. The molecule has 1 aliphatic heterocycles. The maximum atomic E-state index is 11.5. The average Bonchev–Trinajstić information content (AvgIpc) is 2.68. The summed E-state index contributed by atoms with van der Waals surface area (Å²) >= 11 is 0. The molecule has 0 aliphatic carbocycles. The third-order valence-electron chi connectivity index (χ3n) is 4.22. The van der Waals surface area contributed by atoms with E-state index in [0.29, 0.717) is 44.0 Å². The Kier molecular flexibility index (Phi) is 6.51. The largest absolute Gasteiger partial charge is 0.506 e. The Morgan fingerprint density at radius 2 is 1.93 bits per heavy atom. The van der Waals surface area contributed by atoms with Gasteiger partial charge in [-0.2, -0.15) is 0 Å². The number of para-hydroxylation sites is 1. The number of rotatable bonds is 9. The number of carbonyl (C=O) groups excluding carboxylic acids is 1. The molecular formula is C20H24N2O5. The van der Waals surface area contributed by atoms with E-state index < -0.39 is 6.10 Å². The zero-order valence-electron chi connectivity index (χ0n) is 15.0. The lowest BCUT2D eigenvalue weighted by Crippen LogP contribution is -2.33. The first-order valence-electron chi connectivity index (χ1n) is 8.97. The first-order chi connectivity index (χ1) is 13.1. The van der Waals surface area contributed by atoms with Crippen LogP contribution in [0.1, 0.15) is 12.0 Å². The lowest BCUT2D eigenvalue weighted by atomic mass is 10.0. The Morgan fingerprint density at radius 1 is 1.11 bits per heavy atom. The summed E-state index contributed by atoms with van der Waals surface area (Å²) in [4.78, 5) is 11.5. The van der Waals surface area contributed by atoms with Gasteiger partial charge >= 0.3 is 0 Å². The number of benzene rings is 2. The van der Waals surface area contributed by atoms with Crippen LogP contribution in [0.2, 0.25) is 0 Å². The zero-order chi connectivity index (χ0) is 19.1. The van der Waals surface area contributed by atoms with E-state index in [1.54, 1.807) is 6.07 Å². The van der Waals surface area contributed by atoms with E-state index in [1.165, 1.54) is 6.07 Å². The maximum absolute atomic E-state index is 11.5. The molecule has 0 bridgehead atoms. The molecule has 0 radical (unpaired) electrons. The van der Waals surface area contributed by atoms with Gasteiger partial charge in [0.05, 0.1) is 5.69 Å². The van der Waals surface area contributed by atoms with Crippen molar-refractivity contribution in [1.82, 2.24) is 5.32 Å². The number of phenolic OH excluding ortho intramolecular Hbond substituents is 1. The van der Waals surface area contributed by atoms with Gasteiger partial charge in [0, 0.05) is 25.1 Å². The van der Waals surface area contributed by atoms with E-state index in [0.717, 1.165) is 11.3 Å². The van der Waals surface area contributed by atoms with Crippen molar-refractivity contribution < 1.29 is 24.5 Å². The molecule has 0 saturated heterocycles. The molecular weight excluding hydrogens is 348 g/mol. The predicted molar refractivity (Wildman–Crippen MR) is 101 cm³/mol. The third-order valence-corrected chi connectivity index (χ3v) is 4.22. The van der Waals surface area contributed by atoms with Crippen LogP contribution < -0.4 is 20.1 Å². The number of amides is 1. The summed E-state index contributed by atoms with van der Waals surface area (Å²) in [5, 5.41) is 25.7. The summed E-state index contributed by atoms with van der Waals surface area (Å²) in [5.74, 6) is 1.27. The van der Waals surface area contributed by atoms with Crippen LogP contribution in [0.4, 0.5) is 5.69 Å². The van der Waals surface area contributed by atoms with E-state index in [1.807, 2.05) is 30.3 Å². The van der Waals surface area contributed by atoms with Gasteiger partial charge in [-0.25, -0.2) is 0 Å². The molecule has 4 N–H and O–H groups in total. The van der Waals surface area contributed by atoms with Crippen molar-refractivity contribution in [2.45, 2.75) is 18.9 Å². The van der Waals surface area contributed by atoms with E-state index in [4.69, 9.17) is 9.47 Å². The van der Waals surface area contributed by atoms with Crippen molar-refractivity contribution in [3.05, 3.63) is 48.0 Å². The van der Waals surface area contributed by atoms with Crippen LogP contribution in [0.3, 0.4) is 0 Å². The summed E-state index contributed by atoms with van der Waals surface area (Å²) < 4.78 is 11.3. The zero-order valence-corrected chi connectivity index (χ0v) is 15.0. The average molecular weight is 372 g/mol. The molecule has 1 atom stereocenters. The van der Waals surface area contributed by atoms with E-state index >= 15 is 0 Å². The molecule has 7 heteroatoms. The van der Waals surface area contributed by atoms with Crippen molar-refractivity contribution in [2.75, 3.05) is 31.6 Å². The molecule has 0 fully saturated rings. The van der Waals surface area contributed by atoms with E-state index in [-0.39, 0.29) is 18.3 Å². The van der Waals surface area contributed by atoms with Crippen LogP contribution in [0.15, 0.2) is 42.5 Å². The number of nitrogens with one attached hydrogen (secondary N) is 2. The molecule has 0 saturated carbocycles. The summed E-state index contributed by atoms with van der Waals surface area (Å²) in [6.45, 7) is 1.59. The number of fused-ring (bicyclic) bond motifs is 1. The fourth-order valence-corrected chi connectivity index (χ4v) is 2.85. The minimum absolute atomic E-state index is 0.0195. The highest BCUT2D eigenvalue weighted by Gasteiger charge is 2.22. The Balaban J connectivity index is 1.40. The van der Waals surface area contributed by atoms with Gasteiger partial charge < -0.3 is 30.3 Å². The SMILES string of the molecule is O=C1CCc2c(OCC(O)CNCCOc3ccccc3)ccc(O)c2N1. The van der Waals surface area contributed by atoms with E-state index in [9.17, 15) is 15.0 Å². The first kappa shape index (κ1) is 19.0. The van der Waals surface area contributed by atoms with Crippen LogP contribution in [-0.4, -0.2) is 48.5 Å². The molecule has 144 valence electrons. The monoisotopic (exact) mass is 372 g/mol. The summed E-state index contributed by atoms with van der Waals surface area (Å²) in [6.07, 6.45) is 0.151. The predicted octanol–water partition coefficient (Wildman–Crippen LogP) is 1.69. The van der Waals surface area contributed by atoms with Crippen molar-refractivity contribution in [3.63, 3.8) is 0 Å². The Morgan fingerprint density at radius 3 is 2.74 bits per heavy atom. The second kappa shape index (κ2) is 9.25. The topological polar surface area (TPSA) is 100 Å². The minimum Gasteiger partial charge on any atom is -0.506 e. The summed E-state index contributed by atoms with van der Waals surface area (Å²) in [5.41, 5.74) is 1.15. The Labute approximate surface area is 157 Å². The van der Waals surface area contributed by atoms with Crippen molar-refractivity contribution in [1.29, 1.82) is 0 Å². The number of aliphatic hydroxyl groups is 1. The van der Waals surface area contributed by atoms with Gasteiger partial charge in [-0.15, -0.1) is 0 Å².